The molecular formula is C21H18BrFN2O3S. The van der Waals surface area contributed by atoms with Gasteiger partial charge in [0.1, 0.15) is 5.82 Å². The fourth-order valence-electron chi connectivity index (χ4n) is 2.67. The molecule has 0 heterocycles. The molecule has 3 aromatic rings. The number of halogens is 2. The summed E-state index contributed by atoms with van der Waals surface area (Å²) in [5.41, 5.74) is 2.77. The maximum absolute atomic E-state index is 13.0. The summed E-state index contributed by atoms with van der Waals surface area (Å²) in [6, 6.07) is 16.7. The van der Waals surface area contributed by atoms with Crippen LogP contribution in [-0.2, 0) is 21.2 Å². The number of amides is 1. The third kappa shape index (κ3) is 5.65. The van der Waals surface area contributed by atoms with Gasteiger partial charge in [-0.3, -0.25) is 9.52 Å². The molecule has 5 nitrogen and oxygen atoms in total. The fraction of sp³-hybridized carbons (Fsp3) is 0.0952. The van der Waals surface area contributed by atoms with E-state index in [9.17, 15) is 17.6 Å². The van der Waals surface area contributed by atoms with Crippen molar-refractivity contribution in [2.75, 3.05) is 10.0 Å². The molecule has 0 fully saturated rings. The Morgan fingerprint density at radius 2 is 1.66 bits per heavy atom. The van der Waals surface area contributed by atoms with Crippen molar-refractivity contribution >= 4 is 43.2 Å². The van der Waals surface area contributed by atoms with Gasteiger partial charge in [-0.1, -0.05) is 28.1 Å². The minimum atomic E-state index is -3.81. The molecule has 3 rings (SSSR count). The van der Waals surface area contributed by atoms with Crippen LogP contribution in [0.5, 0.6) is 0 Å². The van der Waals surface area contributed by atoms with Crippen molar-refractivity contribution in [2.24, 2.45) is 0 Å². The van der Waals surface area contributed by atoms with Gasteiger partial charge in [0.15, 0.2) is 0 Å². The predicted molar refractivity (Wildman–Crippen MR) is 115 cm³/mol. The molecule has 0 saturated heterocycles. The third-order valence-corrected chi connectivity index (χ3v) is 6.05. The van der Waals surface area contributed by atoms with Gasteiger partial charge >= 0.3 is 0 Å². The number of hydrogen-bond acceptors (Lipinski definition) is 3. The highest BCUT2D eigenvalue weighted by atomic mass is 79.9. The van der Waals surface area contributed by atoms with Crippen LogP contribution >= 0.6 is 15.9 Å². The maximum Gasteiger partial charge on any atom is 0.261 e. The molecule has 0 radical (unpaired) electrons. The first kappa shape index (κ1) is 21.0. The first-order valence-corrected chi connectivity index (χ1v) is 10.9. The van der Waals surface area contributed by atoms with Gasteiger partial charge in [0, 0.05) is 15.8 Å². The zero-order chi connectivity index (χ0) is 21.0. The van der Waals surface area contributed by atoms with Gasteiger partial charge in [-0.2, -0.15) is 0 Å². The summed E-state index contributed by atoms with van der Waals surface area (Å²) >= 11 is 3.38. The molecule has 0 aliphatic heterocycles. The summed E-state index contributed by atoms with van der Waals surface area (Å²) in [6.07, 6.45) is 0.153. The average molecular weight is 477 g/mol. The molecule has 0 saturated carbocycles. The van der Waals surface area contributed by atoms with Crippen LogP contribution in [0.4, 0.5) is 15.8 Å². The number of benzene rings is 3. The molecule has 29 heavy (non-hydrogen) atoms. The van der Waals surface area contributed by atoms with Crippen molar-refractivity contribution in [3.63, 3.8) is 0 Å². The predicted octanol–water partition coefficient (Wildman–Crippen LogP) is 4.88. The summed E-state index contributed by atoms with van der Waals surface area (Å²) in [5.74, 6) is -0.681. The number of carbonyl (C=O) groups excluding carboxylic acids is 1. The minimum Gasteiger partial charge on any atom is -0.326 e. The Hall–Kier alpha value is -2.71. The number of nitrogens with one attached hydrogen (secondary N) is 2. The second-order valence-corrected chi connectivity index (χ2v) is 9.04. The van der Waals surface area contributed by atoms with Crippen molar-refractivity contribution < 1.29 is 17.6 Å². The smallest absolute Gasteiger partial charge is 0.261 e. The Morgan fingerprint density at radius 1 is 1.00 bits per heavy atom. The SMILES string of the molecule is Cc1cc(Br)ccc1NC(=O)Cc1ccc(NS(=O)(=O)c2ccc(F)cc2)cc1. The van der Waals surface area contributed by atoms with Gasteiger partial charge in [-0.15, -0.1) is 0 Å². The van der Waals surface area contributed by atoms with Crippen molar-refractivity contribution in [2.45, 2.75) is 18.2 Å². The molecule has 1 amide bonds. The maximum atomic E-state index is 13.0. The summed E-state index contributed by atoms with van der Waals surface area (Å²) in [4.78, 5) is 12.2. The number of anilines is 2. The van der Waals surface area contributed by atoms with Crippen LogP contribution in [0.25, 0.3) is 0 Å². The van der Waals surface area contributed by atoms with E-state index in [1.54, 1.807) is 24.3 Å². The van der Waals surface area contributed by atoms with Crippen LogP contribution < -0.4 is 10.0 Å². The van der Waals surface area contributed by atoms with Crippen LogP contribution in [0.2, 0.25) is 0 Å². The van der Waals surface area contributed by atoms with Crippen LogP contribution in [0, 0.1) is 12.7 Å². The number of sulfonamides is 1. The van der Waals surface area contributed by atoms with E-state index < -0.39 is 15.8 Å². The molecule has 150 valence electrons. The Balaban J connectivity index is 1.63. The number of carbonyl (C=O) groups is 1. The van der Waals surface area contributed by atoms with Crippen molar-refractivity contribution in [1.29, 1.82) is 0 Å². The van der Waals surface area contributed by atoms with Crippen LogP contribution in [0.1, 0.15) is 11.1 Å². The van der Waals surface area contributed by atoms with Crippen molar-refractivity contribution in [3.8, 4) is 0 Å². The Labute approximate surface area is 177 Å². The quantitative estimate of drug-likeness (QED) is 0.532. The van der Waals surface area contributed by atoms with Crippen molar-refractivity contribution in [1.82, 2.24) is 0 Å². The van der Waals surface area contributed by atoms with Gasteiger partial charge in [-0.25, -0.2) is 12.8 Å². The van der Waals surface area contributed by atoms with E-state index in [1.165, 1.54) is 12.1 Å². The van der Waals surface area contributed by atoms with Gasteiger partial charge in [0.25, 0.3) is 10.0 Å². The minimum absolute atomic E-state index is 0.0350. The van der Waals surface area contributed by atoms with Gasteiger partial charge in [0.2, 0.25) is 5.91 Å². The van der Waals surface area contributed by atoms with E-state index in [0.717, 1.165) is 33.4 Å². The zero-order valence-corrected chi connectivity index (χ0v) is 17.8. The van der Waals surface area contributed by atoms with Crippen LogP contribution in [0.15, 0.2) is 76.1 Å². The summed E-state index contributed by atoms with van der Waals surface area (Å²) in [5, 5.41) is 2.86. The van der Waals surface area contributed by atoms with E-state index >= 15 is 0 Å². The Morgan fingerprint density at radius 3 is 2.28 bits per heavy atom. The number of rotatable bonds is 6. The molecule has 0 atom stereocenters. The van der Waals surface area contributed by atoms with E-state index in [1.807, 2.05) is 25.1 Å². The third-order valence-electron chi connectivity index (χ3n) is 4.16. The highest BCUT2D eigenvalue weighted by Gasteiger charge is 2.14. The standard InChI is InChI=1S/C21H18BrFN2O3S/c1-14-12-16(22)4-11-20(14)24-21(26)13-15-2-7-18(8-3-15)25-29(27,28)19-9-5-17(23)6-10-19/h2-12,25H,13H2,1H3,(H,24,26). The van der Waals surface area contributed by atoms with E-state index in [-0.39, 0.29) is 17.2 Å². The van der Waals surface area contributed by atoms with Gasteiger partial charge in [-0.05, 0) is 72.6 Å². The average Bonchev–Trinajstić information content (AvgIpc) is 2.66. The molecule has 8 heteroatoms. The highest BCUT2D eigenvalue weighted by Crippen LogP contribution is 2.21. The molecule has 3 aromatic carbocycles. The summed E-state index contributed by atoms with van der Waals surface area (Å²) in [7, 11) is -3.81. The zero-order valence-electron chi connectivity index (χ0n) is 15.4. The normalized spacial score (nSPS) is 11.1. The first-order chi connectivity index (χ1) is 13.7. The molecule has 0 aliphatic carbocycles. The summed E-state index contributed by atoms with van der Waals surface area (Å²) < 4.78 is 41.0. The lowest BCUT2D eigenvalue weighted by atomic mass is 10.1. The highest BCUT2D eigenvalue weighted by molar-refractivity contribution is 9.10. The monoisotopic (exact) mass is 476 g/mol. The molecule has 0 unspecified atom stereocenters. The Bertz CT molecular complexity index is 1130. The first-order valence-electron chi connectivity index (χ1n) is 8.66. The number of aryl methyl sites for hydroxylation is 1. The van der Waals surface area contributed by atoms with Crippen molar-refractivity contribution in [3.05, 3.63) is 88.1 Å². The lowest BCUT2D eigenvalue weighted by Crippen LogP contribution is -2.15. The topological polar surface area (TPSA) is 75.3 Å². The molecule has 0 bridgehead atoms. The van der Waals surface area contributed by atoms with E-state index in [0.29, 0.717) is 5.69 Å². The van der Waals surface area contributed by atoms with Gasteiger partial charge < -0.3 is 5.32 Å². The van der Waals surface area contributed by atoms with E-state index in [4.69, 9.17) is 0 Å². The molecule has 2 N–H and O–H groups in total. The van der Waals surface area contributed by atoms with Gasteiger partial charge in [0.05, 0.1) is 11.3 Å². The molecule has 0 aliphatic rings. The fourth-order valence-corrected chi connectivity index (χ4v) is 4.20. The van der Waals surface area contributed by atoms with Crippen LogP contribution in [-0.4, -0.2) is 14.3 Å². The lowest BCUT2D eigenvalue weighted by molar-refractivity contribution is -0.115. The second kappa shape index (κ2) is 8.75. The van der Waals surface area contributed by atoms with E-state index in [2.05, 4.69) is 26.0 Å². The summed E-state index contributed by atoms with van der Waals surface area (Å²) in [6.45, 7) is 1.91. The molecule has 0 aromatic heterocycles. The lowest BCUT2D eigenvalue weighted by Gasteiger charge is -2.10. The molecular weight excluding hydrogens is 459 g/mol. The largest absolute Gasteiger partial charge is 0.326 e. The molecule has 0 spiro atoms. The number of hydrogen-bond donors (Lipinski definition) is 2. The Kier molecular flexibility index (Phi) is 6.34. The van der Waals surface area contributed by atoms with Crippen LogP contribution in [0.3, 0.4) is 0 Å². The second-order valence-electron chi connectivity index (χ2n) is 6.44.